The fourth-order valence-electron chi connectivity index (χ4n) is 2.43. The lowest BCUT2D eigenvalue weighted by atomic mass is 10.2. The lowest BCUT2D eigenvalue weighted by Gasteiger charge is -2.14. The maximum atomic E-state index is 12.3. The molecule has 0 saturated heterocycles. The molecule has 1 aromatic heterocycles. The minimum absolute atomic E-state index is 0.0427. The van der Waals surface area contributed by atoms with E-state index in [4.69, 9.17) is 9.47 Å². The van der Waals surface area contributed by atoms with E-state index in [9.17, 15) is 13.2 Å². The Labute approximate surface area is 172 Å². The highest BCUT2D eigenvalue weighted by Gasteiger charge is 2.29. The molecule has 0 bridgehead atoms. The van der Waals surface area contributed by atoms with Crippen LogP contribution in [-0.4, -0.2) is 43.9 Å². The molecule has 0 unspecified atom stereocenters. The first-order valence-corrected chi connectivity index (χ1v) is 9.98. The summed E-state index contributed by atoms with van der Waals surface area (Å²) >= 11 is 1.62. The number of hydrogen-bond donors (Lipinski definition) is 2. The van der Waals surface area contributed by atoms with Gasteiger partial charge in [0.15, 0.2) is 24.1 Å². The molecule has 29 heavy (non-hydrogen) atoms. The van der Waals surface area contributed by atoms with Crippen molar-refractivity contribution in [1.29, 1.82) is 0 Å². The highest BCUT2D eigenvalue weighted by Crippen LogP contribution is 2.30. The van der Waals surface area contributed by atoms with Crippen LogP contribution in [0, 0.1) is 6.92 Å². The molecule has 160 valence electrons. The molecule has 0 fully saturated rings. The molecule has 2 N–H and O–H groups in total. The molecule has 10 heteroatoms. The van der Waals surface area contributed by atoms with Crippen molar-refractivity contribution < 1.29 is 22.6 Å². The van der Waals surface area contributed by atoms with Crippen LogP contribution in [0.3, 0.4) is 0 Å². The molecule has 2 aromatic rings. The van der Waals surface area contributed by atoms with Gasteiger partial charge in [0.25, 0.3) is 0 Å². The minimum Gasteiger partial charge on any atom is -0.493 e. The maximum absolute atomic E-state index is 12.3. The van der Waals surface area contributed by atoms with E-state index in [0.717, 1.165) is 22.7 Å². The van der Waals surface area contributed by atoms with Crippen LogP contribution in [0.15, 0.2) is 28.6 Å². The topological polar surface area (TPSA) is 67.8 Å². The molecule has 1 heterocycles. The van der Waals surface area contributed by atoms with Crippen LogP contribution < -0.4 is 20.1 Å². The van der Waals surface area contributed by atoms with Crippen molar-refractivity contribution in [1.82, 2.24) is 15.6 Å². The summed E-state index contributed by atoms with van der Waals surface area (Å²) < 4.78 is 47.0. The number of halogens is 3. The zero-order valence-electron chi connectivity index (χ0n) is 16.6. The number of guanidine groups is 1. The number of methoxy groups -OCH3 is 1. The Hall–Kier alpha value is -2.49. The van der Waals surface area contributed by atoms with E-state index in [1.165, 1.54) is 13.2 Å². The van der Waals surface area contributed by atoms with Gasteiger partial charge in [0.1, 0.15) is 0 Å². The number of nitrogens with zero attached hydrogens (tertiary/aromatic N) is 2. The number of rotatable bonds is 9. The summed E-state index contributed by atoms with van der Waals surface area (Å²) in [6.45, 7) is 4.30. The number of thiazole rings is 1. The smallest absolute Gasteiger partial charge is 0.422 e. The number of hydrogen-bond acceptors (Lipinski definition) is 5. The van der Waals surface area contributed by atoms with Gasteiger partial charge in [0.2, 0.25) is 0 Å². The van der Waals surface area contributed by atoms with Crippen molar-refractivity contribution in [3.05, 3.63) is 39.8 Å². The van der Waals surface area contributed by atoms with Gasteiger partial charge in [0.05, 0.1) is 24.4 Å². The monoisotopic (exact) mass is 430 g/mol. The quantitative estimate of drug-likeness (QED) is 0.469. The SMILES string of the molecule is CCNC(=NCc1ccc(OCC(F)(F)F)c(OC)c1)NCCc1csc(C)n1. The van der Waals surface area contributed by atoms with Gasteiger partial charge in [-0.3, -0.25) is 0 Å². The lowest BCUT2D eigenvalue weighted by Crippen LogP contribution is -2.38. The standard InChI is InChI=1S/C19H25F3N4O2S/c1-4-23-18(24-8-7-15-11-29-13(2)26-15)25-10-14-5-6-16(17(9-14)27-3)28-12-19(20,21)22/h5-6,9,11H,4,7-8,10,12H2,1-3H3,(H2,23,24,25). The molecule has 1 aromatic carbocycles. The Morgan fingerprint density at radius 1 is 1.24 bits per heavy atom. The fraction of sp³-hybridized carbons (Fsp3) is 0.474. The van der Waals surface area contributed by atoms with Gasteiger partial charge in [-0.25, -0.2) is 9.98 Å². The molecule has 0 aliphatic heterocycles. The summed E-state index contributed by atoms with van der Waals surface area (Å²) in [7, 11) is 1.38. The van der Waals surface area contributed by atoms with Gasteiger partial charge in [-0.2, -0.15) is 13.2 Å². The number of nitrogens with one attached hydrogen (secondary N) is 2. The van der Waals surface area contributed by atoms with Crippen molar-refractivity contribution in [3.63, 3.8) is 0 Å². The number of aryl methyl sites for hydroxylation is 1. The van der Waals surface area contributed by atoms with Gasteiger partial charge in [-0.1, -0.05) is 6.07 Å². The molecule has 0 radical (unpaired) electrons. The number of benzene rings is 1. The zero-order chi connectivity index (χ0) is 21.3. The van der Waals surface area contributed by atoms with Crippen molar-refractivity contribution in [2.75, 3.05) is 26.8 Å². The number of aromatic nitrogens is 1. The molecule has 6 nitrogen and oxygen atoms in total. The Bertz CT molecular complexity index is 809. The Morgan fingerprint density at radius 3 is 2.66 bits per heavy atom. The average Bonchev–Trinajstić information content (AvgIpc) is 3.09. The fourth-order valence-corrected chi connectivity index (χ4v) is 3.08. The minimum atomic E-state index is -4.41. The first-order valence-electron chi connectivity index (χ1n) is 9.10. The van der Waals surface area contributed by atoms with E-state index in [1.807, 2.05) is 19.2 Å². The third-order valence-electron chi connectivity index (χ3n) is 3.72. The van der Waals surface area contributed by atoms with Crippen LogP contribution in [0.25, 0.3) is 0 Å². The summed E-state index contributed by atoms with van der Waals surface area (Å²) in [5.41, 5.74) is 1.82. The molecular weight excluding hydrogens is 405 g/mol. The molecule has 0 aliphatic rings. The molecule has 0 aliphatic carbocycles. The second kappa shape index (κ2) is 10.9. The van der Waals surface area contributed by atoms with Gasteiger partial charge in [0, 0.05) is 24.9 Å². The molecule has 0 atom stereocenters. The predicted octanol–water partition coefficient (Wildman–Crippen LogP) is 3.70. The van der Waals surface area contributed by atoms with E-state index in [0.29, 0.717) is 25.6 Å². The van der Waals surface area contributed by atoms with Gasteiger partial charge in [-0.05, 0) is 31.5 Å². The van der Waals surface area contributed by atoms with Crippen LogP contribution in [0.4, 0.5) is 13.2 Å². The highest BCUT2D eigenvalue weighted by molar-refractivity contribution is 7.09. The summed E-state index contributed by atoms with van der Waals surface area (Å²) in [5.74, 6) is 0.927. The second-order valence-corrected chi connectivity index (χ2v) is 7.18. The van der Waals surface area contributed by atoms with Gasteiger partial charge < -0.3 is 20.1 Å². The largest absolute Gasteiger partial charge is 0.493 e. The zero-order valence-corrected chi connectivity index (χ0v) is 17.4. The average molecular weight is 430 g/mol. The van der Waals surface area contributed by atoms with E-state index in [1.54, 1.807) is 23.5 Å². The summed E-state index contributed by atoms with van der Waals surface area (Å²) in [4.78, 5) is 8.94. The van der Waals surface area contributed by atoms with Crippen LogP contribution in [0.2, 0.25) is 0 Å². The van der Waals surface area contributed by atoms with Crippen molar-refractivity contribution in [3.8, 4) is 11.5 Å². The molecule has 2 rings (SSSR count). The third-order valence-corrected chi connectivity index (χ3v) is 4.55. The second-order valence-electron chi connectivity index (χ2n) is 6.12. The number of ether oxygens (including phenoxy) is 2. The van der Waals surface area contributed by atoms with E-state index in [-0.39, 0.29) is 11.5 Å². The van der Waals surface area contributed by atoms with E-state index in [2.05, 4.69) is 20.6 Å². The summed E-state index contributed by atoms with van der Waals surface area (Å²) in [6.07, 6.45) is -3.62. The Balaban J connectivity index is 1.96. The third kappa shape index (κ3) is 8.18. The molecule has 0 amide bonds. The van der Waals surface area contributed by atoms with Crippen molar-refractivity contribution in [2.24, 2.45) is 4.99 Å². The maximum Gasteiger partial charge on any atom is 0.422 e. The van der Waals surface area contributed by atoms with Crippen LogP contribution in [0.5, 0.6) is 11.5 Å². The van der Waals surface area contributed by atoms with Gasteiger partial charge in [-0.15, -0.1) is 11.3 Å². The normalized spacial score (nSPS) is 12.0. The van der Waals surface area contributed by atoms with Gasteiger partial charge >= 0.3 is 6.18 Å². The van der Waals surface area contributed by atoms with Crippen molar-refractivity contribution >= 4 is 17.3 Å². The van der Waals surface area contributed by atoms with Crippen LogP contribution >= 0.6 is 11.3 Å². The first-order chi connectivity index (χ1) is 13.8. The van der Waals surface area contributed by atoms with Crippen LogP contribution in [-0.2, 0) is 13.0 Å². The number of alkyl halides is 3. The summed E-state index contributed by atoms with van der Waals surface area (Å²) in [5, 5.41) is 9.49. The Kier molecular flexibility index (Phi) is 8.56. The molecule has 0 saturated carbocycles. The molecular formula is C19H25F3N4O2S. The predicted molar refractivity (Wildman–Crippen MR) is 108 cm³/mol. The highest BCUT2D eigenvalue weighted by atomic mass is 32.1. The summed E-state index contributed by atoms with van der Waals surface area (Å²) in [6, 6.07) is 4.75. The molecule has 0 spiro atoms. The van der Waals surface area contributed by atoms with Crippen molar-refractivity contribution in [2.45, 2.75) is 33.0 Å². The van der Waals surface area contributed by atoms with Crippen LogP contribution in [0.1, 0.15) is 23.2 Å². The van der Waals surface area contributed by atoms with E-state index < -0.39 is 12.8 Å². The number of aliphatic imine (C=N–C) groups is 1. The lowest BCUT2D eigenvalue weighted by molar-refractivity contribution is -0.153. The first kappa shape index (κ1) is 22.8. The van der Waals surface area contributed by atoms with E-state index >= 15 is 0 Å². The Morgan fingerprint density at radius 2 is 2.03 bits per heavy atom.